The van der Waals surface area contributed by atoms with Crippen LogP contribution < -0.4 is 5.32 Å². The monoisotopic (exact) mass is 323 g/mol. The van der Waals surface area contributed by atoms with Gasteiger partial charge in [0.2, 0.25) is 0 Å². The highest BCUT2D eigenvalue weighted by Gasteiger charge is 2.46. The molecule has 132 valence electrons. The zero-order chi connectivity index (χ0) is 17.7. The van der Waals surface area contributed by atoms with Crippen molar-refractivity contribution in [2.45, 2.75) is 78.8 Å². The van der Waals surface area contributed by atoms with E-state index in [0.717, 1.165) is 38.1 Å². The molecule has 0 spiro atoms. The molecule has 0 saturated heterocycles. The molecule has 0 aromatic carbocycles. The largest absolute Gasteiger partial charge is 0.361 e. The number of aryl methyl sites for hydroxylation is 1. The van der Waals surface area contributed by atoms with Crippen LogP contribution in [-0.2, 0) is 6.42 Å². The fourth-order valence-electron chi connectivity index (χ4n) is 3.86. The van der Waals surface area contributed by atoms with Gasteiger partial charge in [-0.3, -0.25) is 9.69 Å². The Morgan fingerprint density at radius 1 is 1.17 bits per heavy atom. The first kappa shape index (κ1) is 19.7. The Morgan fingerprint density at radius 2 is 1.74 bits per heavy atom. The molecule has 0 aliphatic carbocycles. The molecule has 5 heteroatoms. The number of carbonyl (C=O) groups excluding carboxylic acids is 1. The number of hydrogen-bond acceptors (Lipinski definition) is 4. The summed E-state index contributed by atoms with van der Waals surface area (Å²) in [6.07, 6.45) is 2.67. The topological polar surface area (TPSA) is 58.4 Å². The van der Waals surface area contributed by atoms with Gasteiger partial charge in [0.15, 0.2) is 5.69 Å². The summed E-state index contributed by atoms with van der Waals surface area (Å²) < 4.78 is 5.16. The number of nitrogens with zero attached hydrogens (tertiary/aromatic N) is 2. The first-order valence-corrected chi connectivity index (χ1v) is 8.84. The first-order valence-electron chi connectivity index (χ1n) is 8.84. The Hall–Kier alpha value is -1.36. The lowest BCUT2D eigenvalue weighted by molar-refractivity contribution is 0.00965. The van der Waals surface area contributed by atoms with E-state index in [1.54, 1.807) is 6.07 Å². The van der Waals surface area contributed by atoms with E-state index in [1.807, 2.05) is 6.92 Å². The molecule has 1 heterocycles. The Kier molecular flexibility index (Phi) is 6.81. The summed E-state index contributed by atoms with van der Waals surface area (Å²) in [5, 5.41) is 7.09. The molecule has 0 radical (unpaired) electrons. The lowest BCUT2D eigenvalue weighted by Crippen LogP contribution is -2.67. The van der Waals surface area contributed by atoms with Crippen LogP contribution in [-0.4, -0.2) is 40.1 Å². The zero-order valence-corrected chi connectivity index (χ0v) is 15.8. The molecule has 0 bridgehead atoms. The smallest absolute Gasteiger partial charge is 0.273 e. The van der Waals surface area contributed by atoms with Crippen LogP contribution >= 0.6 is 0 Å². The summed E-state index contributed by atoms with van der Waals surface area (Å²) in [4.78, 5) is 15.1. The summed E-state index contributed by atoms with van der Waals surface area (Å²) in [5.74, 6) is 0.561. The molecule has 1 aromatic rings. The summed E-state index contributed by atoms with van der Waals surface area (Å²) in [6.45, 7) is 16.9. The fraction of sp³-hybridized carbons (Fsp3) is 0.778. The molecule has 1 rings (SSSR count). The van der Waals surface area contributed by atoms with Crippen LogP contribution in [0.3, 0.4) is 0 Å². The molecule has 5 nitrogen and oxygen atoms in total. The highest BCUT2D eigenvalue weighted by molar-refractivity contribution is 5.92. The number of amides is 1. The molecule has 0 aliphatic heterocycles. The van der Waals surface area contributed by atoms with E-state index in [4.69, 9.17) is 4.52 Å². The maximum atomic E-state index is 12.6. The minimum Gasteiger partial charge on any atom is -0.361 e. The minimum absolute atomic E-state index is 0.0938. The second-order valence-corrected chi connectivity index (χ2v) is 6.52. The van der Waals surface area contributed by atoms with Gasteiger partial charge in [0.1, 0.15) is 5.76 Å². The molecule has 1 N–H and O–H groups in total. The Morgan fingerprint density at radius 3 is 2.13 bits per heavy atom. The van der Waals surface area contributed by atoms with Crippen LogP contribution in [0.4, 0.5) is 0 Å². The van der Waals surface area contributed by atoms with Crippen molar-refractivity contribution in [3.63, 3.8) is 0 Å². The predicted molar refractivity (Wildman–Crippen MR) is 93.7 cm³/mol. The van der Waals surface area contributed by atoms with E-state index in [9.17, 15) is 4.79 Å². The maximum Gasteiger partial charge on any atom is 0.273 e. The molecular weight excluding hydrogens is 290 g/mol. The summed E-state index contributed by atoms with van der Waals surface area (Å²) >= 11 is 0. The van der Waals surface area contributed by atoms with Crippen LogP contribution in [0.2, 0.25) is 0 Å². The molecule has 23 heavy (non-hydrogen) atoms. The molecule has 0 atom stereocenters. The lowest BCUT2D eigenvalue weighted by atomic mass is 9.73. The normalized spacial score (nSPS) is 12.7. The van der Waals surface area contributed by atoms with Gasteiger partial charge in [0, 0.05) is 18.0 Å². The molecule has 0 fully saturated rings. The summed E-state index contributed by atoms with van der Waals surface area (Å²) in [7, 11) is 0. The number of nitrogens with one attached hydrogen (secondary N) is 1. The average molecular weight is 323 g/mol. The predicted octanol–water partition coefficient (Wildman–Crippen LogP) is 3.65. The van der Waals surface area contributed by atoms with Crippen molar-refractivity contribution in [2.24, 2.45) is 0 Å². The fourth-order valence-corrected chi connectivity index (χ4v) is 3.86. The molecule has 1 amide bonds. The van der Waals surface area contributed by atoms with Crippen LogP contribution in [0.25, 0.3) is 0 Å². The van der Waals surface area contributed by atoms with Gasteiger partial charge in [-0.25, -0.2) is 0 Å². The first-order chi connectivity index (χ1) is 10.8. The Balaban J connectivity index is 3.07. The number of hydrogen-bond donors (Lipinski definition) is 1. The van der Waals surface area contributed by atoms with Crippen molar-refractivity contribution in [2.75, 3.05) is 13.1 Å². The lowest BCUT2D eigenvalue weighted by Gasteiger charge is -2.53. The summed E-state index contributed by atoms with van der Waals surface area (Å²) in [5.41, 5.74) is -0.121. The van der Waals surface area contributed by atoms with E-state index in [-0.39, 0.29) is 17.0 Å². The second kappa shape index (κ2) is 7.95. The quantitative estimate of drug-likeness (QED) is 0.753. The van der Waals surface area contributed by atoms with Gasteiger partial charge in [-0.05, 0) is 39.8 Å². The van der Waals surface area contributed by atoms with E-state index in [0.29, 0.717) is 5.69 Å². The average Bonchev–Trinajstić information content (AvgIpc) is 3.01. The minimum atomic E-state index is -0.384. The molecular formula is C18H33N3O2. The van der Waals surface area contributed by atoms with Gasteiger partial charge >= 0.3 is 0 Å². The van der Waals surface area contributed by atoms with E-state index < -0.39 is 0 Å². The van der Waals surface area contributed by atoms with Crippen LogP contribution in [0.5, 0.6) is 0 Å². The van der Waals surface area contributed by atoms with Crippen molar-refractivity contribution in [3.05, 3.63) is 17.5 Å². The zero-order valence-electron chi connectivity index (χ0n) is 15.8. The van der Waals surface area contributed by atoms with Crippen LogP contribution in [0.15, 0.2) is 10.6 Å². The van der Waals surface area contributed by atoms with Crippen molar-refractivity contribution in [1.29, 1.82) is 0 Å². The maximum absolute atomic E-state index is 12.6. The number of likely N-dealkylation sites (N-methyl/N-ethyl adjacent to an activating group) is 1. The molecule has 0 aliphatic rings. The van der Waals surface area contributed by atoms with Crippen LogP contribution in [0.1, 0.15) is 77.6 Å². The highest BCUT2D eigenvalue weighted by Crippen LogP contribution is 2.35. The SMILES string of the molecule is CCc1cc(C(=O)NC(C)(C)C(CC)(CC)N(CC)CC)no1. The van der Waals surface area contributed by atoms with Crippen LogP contribution in [0, 0.1) is 0 Å². The van der Waals surface area contributed by atoms with Gasteiger partial charge in [0.05, 0.1) is 5.54 Å². The number of aromatic nitrogens is 1. The van der Waals surface area contributed by atoms with Gasteiger partial charge in [-0.1, -0.05) is 39.8 Å². The standard InChI is InChI=1S/C18H33N3O2/c1-8-14-13-15(20-23-14)16(22)19-17(6,7)18(9-2,10-3)21(11-4)12-5/h13H,8-12H2,1-7H3,(H,19,22). The Labute approximate surface area is 140 Å². The highest BCUT2D eigenvalue weighted by atomic mass is 16.5. The van der Waals surface area contributed by atoms with Gasteiger partial charge in [0.25, 0.3) is 5.91 Å². The van der Waals surface area contributed by atoms with Gasteiger partial charge in [-0.15, -0.1) is 0 Å². The van der Waals surface area contributed by atoms with Crippen molar-refractivity contribution < 1.29 is 9.32 Å². The van der Waals surface area contributed by atoms with Crippen molar-refractivity contribution in [1.82, 2.24) is 15.4 Å². The van der Waals surface area contributed by atoms with Crippen molar-refractivity contribution in [3.8, 4) is 0 Å². The number of rotatable bonds is 9. The third kappa shape index (κ3) is 3.77. The molecule has 1 aromatic heterocycles. The van der Waals surface area contributed by atoms with Gasteiger partial charge < -0.3 is 9.84 Å². The number of carbonyl (C=O) groups is 1. The van der Waals surface area contributed by atoms with E-state index >= 15 is 0 Å². The van der Waals surface area contributed by atoms with Crippen molar-refractivity contribution >= 4 is 5.91 Å². The molecule has 0 saturated carbocycles. The third-order valence-electron chi connectivity index (χ3n) is 5.27. The van der Waals surface area contributed by atoms with Gasteiger partial charge in [-0.2, -0.15) is 0 Å². The van der Waals surface area contributed by atoms with E-state index in [1.165, 1.54) is 0 Å². The Bertz CT molecular complexity index is 500. The van der Waals surface area contributed by atoms with E-state index in [2.05, 4.69) is 56.9 Å². The second-order valence-electron chi connectivity index (χ2n) is 6.52. The third-order valence-corrected chi connectivity index (χ3v) is 5.27. The molecule has 0 unspecified atom stereocenters. The summed E-state index contributed by atoms with van der Waals surface area (Å²) in [6, 6.07) is 1.72.